The first-order chi connectivity index (χ1) is 14.7. The molecule has 1 aromatic carbocycles. The number of nitrogens with zero attached hydrogens (tertiary/aromatic N) is 3. The van der Waals surface area contributed by atoms with E-state index in [0.717, 1.165) is 12.1 Å². The van der Waals surface area contributed by atoms with Crippen LogP contribution >= 0.6 is 11.6 Å². The highest BCUT2D eigenvalue weighted by Crippen LogP contribution is 2.33. The van der Waals surface area contributed by atoms with Crippen LogP contribution in [0.3, 0.4) is 0 Å². The van der Waals surface area contributed by atoms with Gasteiger partial charge in [-0.1, -0.05) is 12.1 Å². The molecule has 166 valence electrons. The summed E-state index contributed by atoms with van der Waals surface area (Å²) in [6.45, 7) is 3.76. The molecule has 0 radical (unpaired) electrons. The Labute approximate surface area is 182 Å². The first-order valence-electron chi connectivity index (χ1n) is 9.81. The van der Waals surface area contributed by atoms with Gasteiger partial charge in [0, 0.05) is 18.2 Å². The van der Waals surface area contributed by atoms with Gasteiger partial charge < -0.3 is 20.3 Å². The molecule has 3 heterocycles. The molecule has 2 atom stereocenters. The Hall–Kier alpha value is -2.43. The maximum absolute atomic E-state index is 13.1. The van der Waals surface area contributed by atoms with Crippen LogP contribution in [0.1, 0.15) is 35.3 Å². The van der Waals surface area contributed by atoms with Crippen molar-refractivity contribution in [2.75, 3.05) is 25.1 Å². The van der Waals surface area contributed by atoms with Gasteiger partial charge in [-0.2, -0.15) is 13.2 Å². The Morgan fingerprint density at radius 2 is 2.16 bits per heavy atom. The number of benzene rings is 1. The number of rotatable bonds is 4. The standard InChI is InChI=1S/C20H21ClF3N5O2/c1-11(12-3-2-4-13(7-12)20(22,23)24)26-17-14-8-29(9-15(14)27-19(21)28-17)18(30)16-10-31-6-5-25-16/h2-4,7,11,16,25H,5-6,8-10H2,1H3,(H,26,27,28)/t11-,16+/m1/s1. The Morgan fingerprint density at radius 1 is 1.35 bits per heavy atom. The van der Waals surface area contributed by atoms with Crippen LogP contribution in [0.15, 0.2) is 24.3 Å². The monoisotopic (exact) mass is 455 g/mol. The summed E-state index contributed by atoms with van der Waals surface area (Å²) in [7, 11) is 0. The number of anilines is 1. The molecule has 0 saturated carbocycles. The van der Waals surface area contributed by atoms with Crippen molar-refractivity contribution in [2.24, 2.45) is 0 Å². The molecule has 4 rings (SSSR count). The third-order valence-electron chi connectivity index (χ3n) is 5.35. The van der Waals surface area contributed by atoms with Crippen LogP contribution in [0.25, 0.3) is 0 Å². The van der Waals surface area contributed by atoms with E-state index < -0.39 is 23.8 Å². The molecule has 0 spiro atoms. The average molecular weight is 456 g/mol. The molecule has 7 nitrogen and oxygen atoms in total. The number of ether oxygens (including phenoxy) is 1. The summed E-state index contributed by atoms with van der Waals surface area (Å²) in [6.07, 6.45) is -4.42. The van der Waals surface area contributed by atoms with E-state index in [0.29, 0.717) is 42.4 Å². The van der Waals surface area contributed by atoms with Crippen LogP contribution < -0.4 is 10.6 Å². The van der Waals surface area contributed by atoms with E-state index in [-0.39, 0.29) is 24.3 Å². The second-order valence-corrected chi connectivity index (χ2v) is 7.87. The third kappa shape index (κ3) is 4.76. The number of fused-ring (bicyclic) bond motifs is 1. The summed E-state index contributed by atoms with van der Waals surface area (Å²) in [5.74, 6) is 0.300. The van der Waals surface area contributed by atoms with Gasteiger partial charge in [0.2, 0.25) is 11.2 Å². The third-order valence-corrected chi connectivity index (χ3v) is 5.52. The largest absolute Gasteiger partial charge is 0.416 e. The minimum absolute atomic E-state index is 0.00548. The van der Waals surface area contributed by atoms with Crippen molar-refractivity contribution in [3.05, 3.63) is 51.9 Å². The quantitative estimate of drug-likeness (QED) is 0.689. The second kappa shape index (κ2) is 8.60. The van der Waals surface area contributed by atoms with Gasteiger partial charge in [-0.05, 0) is 36.2 Å². The number of carbonyl (C=O) groups excluding carboxylic acids is 1. The molecule has 2 aromatic rings. The van der Waals surface area contributed by atoms with Gasteiger partial charge in [-0.3, -0.25) is 4.79 Å². The molecule has 2 N–H and O–H groups in total. The van der Waals surface area contributed by atoms with E-state index in [2.05, 4.69) is 20.6 Å². The summed E-state index contributed by atoms with van der Waals surface area (Å²) >= 11 is 6.07. The van der Waals surface area contributed by atoms with Crippen LogP contribution in [-0.2, 0) is 28.8 Å². The molecule has 1 fully saturated rings. The number of aromatic nitrogens is 2. The van der Waals surface area contributed by atoms with Crippen LogP contribution in [0, 0.1) is 0 Å². The zero-order valence-corrected chi connectivity index (χ0v) is 17.4. The molecule has 1 saturated heterocycles. The van der Waals surface area contributed by atoms with Gasteiger partial charge in [0.05, 0.1) is 37.6 Å². The number of hydrogen-bond donors (Lipinski definition) is 2. The molecule has 11 heteroatoms. The Balaban J connectivity index is 1.53. The highest BCUT2D eigenvalue weighted by Gasteiger charge is 2.34. The minimum atomic E-state index is -4.42. The van der Waals surface area contributed by atoms with Gasteiger partial charge in [-0.25, -0.2) is 9.97 Å². The Kier molecular flexibility index (Phi) is 6.05. The highest BCUT2D eigenvalue weighted by molar-refractivity contribution is 6.28. The fraction of sp³-hybridized carbons (Fsp3) is 0.450. The van der Waals surface area contributed by atoms with Gasteiger partial charge in [0.15, 0.2) is 0 Å². The van der Waals surface area contributed by atoms with E-state index in [1.807, 2.05) is 0 Å². The molecule has 2 aliphatic heterocycles. The fourth-order valence-electron chi connectivity index (χ4n) is 3.72. The molecule has 0 unspecified atom stereocenters. The normalized spacial score (nSPS) is 19.8. The molecular formula is C20H21ClF3N5O2. The fourth-order valence-corrected chi connectivity index (χ4v) is 3.90. The lowest BCUT2D eigenvalue weighted by atomic mass is 10.0. The second-order valence-electron chi connectivity index (χ2n) is 7.53. The number of morpholine rings is 1. The molecule has 1 amide bonds. The van der Waals surface area contributed by atoms with Crippen LogP contribution in [0.5, 0.6) is 0 Å². The maximum Gasteiger partial charge on any atom is 0.416 e. The number of carbonyl (C=O) groups is 1. The van der Waals surface area contributed by atoms with Crippen LogP contribution in [-0.4, -0.2) is 46.6 Å². The summed E-state index contributed by atoms with van der Waals surface area (Å²) in [5, 5.41) is 6.28. The van der Waals surface area contributed by atoms with Gasteiger partial charge >= 0.3 is 6.18 Å². The minimum Gasteiger partial charge on any atom is -0.378 e. The van der Waals surface area contributed by atoms with Crippen molar-refractivity contribution in [1.82, 2.24) is 20.2 Å². The van der Waals surface area contributed by atoms with Crippen molar-refractivity contribution in [3.8, 4) is 0 Å². The Bertz CT molecular complexity index is 982. The van der Waals surface area contributed by atoms with Crippen molar-refractivity contribution in [3.63, 3.8) is 0 Å². The van der Waals surface area contributed by atoms with Crippen molar-refractivity contribution >= 4 is 23.3 Å². The summed E-state index contributed by atoms with van der Waals surface area (Å²) < 4.78 is 44.5. The molecule has 31 heavy (non-hydrogen) atoms. The molecule has 2 aliphatic rings. The van der Waals surface area contributed by atoms with Crippen molar-refractivity contribution in [2.45, 2.75) is 38.3 Å². The van der Waals surface area contributed by atoms with Gasteiger partial charge in [0.1, 0.15) is 11.9 Å². The predicted molar refractivity (Wildman–Crippen MR) is 107 cm³/mol. The van der Waals surface area contributed by atoms with Gasteiger partial charge in [-0.15, -0.1) is 0 Å². The summed E-state index contributed by atoms with van der Waals surface area (Å²) in [4.78, 5) is 22.9. The van der Waals surface area contributed by atoms with E-state index >= 15 is 0 Å². The van der Waals surface area contributed by atoms with Crippen molar-refractivity contribution < 1.29 is 22.7 Å². The number of hydrogen-bond acceptors (Lipinski definition) is 6. The number of alkyl halides is 3. The number of amides is 1. The number of halogens is 4. The molecule has 0 aliphatic carbocycles. The maximum atomic E-state index is 13.1. The lowest BCUT2D eigenvalue weighted by Gasteiger charge is -2.27. The van der Waals surface area contributed by atoms with Crippen LogP contribution in [0.4, 0.5) is 19.0 Å². The summed E-state index contributed by atoms with van der Waals surface area (Å²) in [6, 6.07) is 4.21. The predicted octanol–water partition coefficient (Wildman–Crippen LogP) is 3.15. The van der Waals surface area contributed by atoms with Crippen LogP contribution in [0.2, 0.25) is 5.28 Å². The lowest BCUT2D eigenvalue weighted by molar-refractivity contribution is -0.138. The SMILES string of the molecule is C[C@@H](Nc1nc(Cl)nc2c1CN(C(=O)[C@@H]1COCCN1)C2)c1cccc(C(F)(F)F)c1. The first kappa shape index (κ1) is 21.8. The highest BCUT2D eigenvalue weighted by atomic mass is 35.5. The van der Waals surface area contributed by atoms with E-state index in [1.54, 1.807) is 17.9 Å². The average Bonchev–Trinajstić information content (AvgIpc) is 3.17. The lowest BCUT2D eigenvalue weighted by Crippen LogP contribution is -2.51. The molecule has 1 aromatic heterocycles. The zero-order valence-electron chi connectivity index (χ0n) is 16.7. The summed E-state index contributed by atoms with van der Waals surface area (Å²) in [5.41, 5.74) is 1.05. The number of nitrogens with one attached hydrogen (secondary N) is 2. The van der Waals surface area contributed by atoms with E-state index in [1.165, 1.54) is 6.07 Å². The molecular weight excluding hydrogens is 435 g/mol. The first-order valence-corrected chi connectivity index (χ1v) is 10.2. The van der Waals surface area contributed by atoms with E-state index in [4.69, 9.17) is 16.3 Å². The van der Waals surface area contributed by atoms with Crippen molar-refractivity contribution in [1.29, 1.82) is 0 Å². The van der Waals surface area contributed by atoms with Gasteiger partial charge in [0.25, 0.3) is 0 Å². The zero-order chi connectivity index (χ0) is 22.2. The smallest absolute Gasteiger partial charge is 0.378 e. The molecule has 0 bridgehead atoms. The topological polar surface area (TPSA) is 79.4 Å². The van der Waals surface area contributed by atoms with E-state index in [9.17, 15) is 18.0 Å². The Morgan fingerprint density at radius 3 is 2.87 bits per heavy atom.